The van der Waals surface area contributed by atoms with E-state index in [2.05, 4.69) is 14.5 Å². The van der Waals surface area contributed by atoms with Gasteiger partial charge in [0.05, 0.1) is 13.7 Å². The summed E-state index contributed by atoms with van der Waals surface area (Å²) < 4.78 is 81.8. The zero-order valence-corrected chi connectivity index (χ0v) is 9.26. The van der Waals surface area contributed by atoms with Gasteiger partial charge in [0.25, 0.3) is 0 Å². The molecule has 0 amide bonds. The number of hydrogen-bond acceptors (Lipinski definition) is 4. The van der Waals surface area contributed by atoms with Gasteiger partial charge in [0.15, 0.2) is 11.4 Å². The number of pyridine rings is 1. The molecule has 0 aliphatic carbocycles. The van der Waals surface area contributed by atoms with Crippen molar-refractivity contribution in [3.8, 4) is 11.5 Å². The SMILES string of the molecule is COc1c(CO)cnc(C(F)(F)F)c1OC(F)(F)F. The number of hydrogen-bond donors (Lipinski definition) is 1. The smallest absolute Gasteiger partial charge is 0.492 e. The van der Waals surface area contributed by atoms with Gasteiger partial charge in [0.2, 0.25) is 5.75 Å². The molecule has 108 valence electrons. The number of aliphatic hydroxyl groups excluding tert-OH is 1. The topological polar surface area (TPSA) is 51.6 Å². The lowest BCUT2D eigenvalue weighted by molar-refractivity contribution is -0.277. The monoisotopic (exact) mass is 291 g/mol. The minimum Gasteiger partial charge on any atom is -0.492 e. The van der Waals surface area contributed by atoms with Crippen LogP contribution in [0.3, 0.4) is 0 Å². The van der Waals surface area contributed by atoms with Crippen LogP contribution < -0.4 is 9.47 Å². The number of methoxy groups -OCH3 is 1. The Labute approximate surface area is 102 Å². The maximum atomic E-state index is 12.5. The van der Waals surface area contributed by atoms with E-state index in [-0.39, 0.29) is 5.56 Å². The van der Waals surface area contributed by atoms with Crippen LogP contribution in [0.25, 0.3) is 0 Å². The molecule has 0 fully saturated rings. The lowest BCUT2D eigenvalue weighted by Gasteiger charge is -2.18. The van der Waals surface area contributed by atoms with Gasteiger partial charge in [-0.05, 0) is 0 Å². The summed E-state index contributed by atoms with van der Waals surface area (Å²) in [6, 6.07) is 0. The first-order valence-corrected chi connectivity index (χ1v) is 4.59. The molecule has 0 saturated carbocycles. The van der Waals surface area contributed by atoms with E-state index in [0.29, 0.717) is 6.20 Å². The molecule has 0 unspecified atom stereocenters. The molecule has 0 spiro atoms. The molecule has 4 nitrogen and oxygen atoms in total. The Morgan fingerprint density at radius 2 is 1.74 bits per heavy atom. The summed E-state index contributed by atoms with van der Waals surface area (Å²) in [5.41, 5.74) is -2.26. The molecule has 19 heavy (non-hydrogen) atoms. The highest BCUT2D eigenvalue weighted by atomic mass is 19.4. The predicted octanol–water partition coefficient (Wildman–Crippen LogP) is 2.50. The first-order chi connectivity index (χ1) is 8.60. The molecule has 10 heteroatoms. The molecule has 0 aromatic carbocycles. The van der Waals surface area contributed by atoms with E-state index in [1.54, 1.807) is 0 Å². The Balaban J connectivity index is 3.49. The quantitative estimate of drug-likeness (QED) is 0.869. The lowest BCUT2D eigenvalue weighted by atomic mass is 10.2. The molecule has 1 N–H and O–H groups in total. The van der Waals surface area contributed by atoms with E-state index >= 15 is 0 Å². The van der Waals surface area contributed by atoms with Gasteiger partial charge >= 0.3 is 12.5 Å². The van der Waals surface area contributed by atoms with Gasteiger partial charge in [-0.15, -0.1) is 13.2 Å². The summed E-state index contributed by atoms with van der Waals surface area (Å²) in [5, 5.41) is 8.83. The van der Waals surface area contributed by atoms with Crippen LogP contribution >= 0.6 is 0 Å². The average Bonchev–Trinajstić information content (AvgIpc) is 2.24. The third-order valence-electron chi connectivity index (χ3n) is 1.92. The van der Waals surface area contributed by atoms with Gasteiger partial charge in [-0.3, -0.25) is 0 Å². The van der Waals surface area contributed by atoms with Crippen LogP contribution in [0.4, 0.5) is 26.3 Å². The van der Waals surface area contributed by atoms with Crippen molar-refractivity contribution < 1.29 is 40.9 Å². The normalized spacial score (nSPS) is 12.4. The second kappa shape index (κ2) is 5.11. The average molecular weight is 291 g/mol. The van der Waals surface area contributed by atoms with E-state index < -0.39 is 36.3 Å². The largest absolute Gasteiger partial charge is 0.573 e. The number of rotatable bonds is 3. The van der Waals surface area contributed by atoms with E-state index in [0.717, 1.165) is 7.11 Å². The third kappa shape index (κ3) is 3.63. The third-order valence-corrected chi connectivity index (χ3v) is 1.92. The van der Waals surface area contributed by atoms with E-state index in [4.69, 9.17) is 5.11 Å². The summed E-state index contributed by atoms with van der Waals surface area (Å²) in [6.07, 6.45) is -9.96. The molecule has 0 aliphatic rings. The van der Waals surface area contributed by atoms with Gasteiger partial charge in [-0.1, -0.05) is 0 Å². The highest BCUT2D eigenvalue weighted by molar-refractivity contribution is 5.49. The van der Waals surface area contributed by atoms with Crippen LogP contribution in [0, 0.1) is 0 Å². The Hall–Kier alpha value is -1.71. The van der Waals surface area contributed by atoms with Crippen LogP contribution in [-0.2, 0) is 12.8 Å². The van der Waals surface area contributed by atoms with Crippen molar-refractivity contribution in [2.45, 2.75) is 19.1 Å². The van der Waals surface area contributed by atoms with Crippen molar-refractivity contribution in [2.75, 3.05) is 7.11 Å². The number of alkyl halides is 6. The van der Waals surface area contributed by atoms with Gasteiger partial charge in [0.1, 0.15) is 0 Å². The molecule has 1 aromatic rings. The maximum absolute atomic E-state index is 12.5. The van der Waals surface area contributed by atoms with Gasteiger partial charge in [-0.25, -0.2) is 4.98 Å². The molecule has 0 radical (unpaired) electrons. The molecule has 0 saturated heterocycles. The van der Waals surface area contributed by atoms with Crippen molar-refractivity contribution in [3.63, 3.8) is 0 Å². The van der Waals surface area contributed by atoms with Crippen LogP contribution in [0.5, 0.6) is 11.5 Å². The van der Waals surface area contributed by atoms with Crippen LogP contribution in [0.2, 0.25) is 0 Å². The fraction of sp³-hybridized carbons (Fsp3) is 0.444. The van der Waals surface area contributed by atoms with Gasteiger partial charge in [-0.2, -0.15) is 13.2 Å². The Morgan fingerprint density at radius 3 is 2.11 bits per heavy atom. The Morgan fingerprint density at radius 1 is 1.16 bits per heavy atom. The Bertz CT molecular complexity index is 456. The molecule has 1 heterocycles. The number of aromatic nitrogens is 1. The van der Waals surface area contributed by atoms with E-state index in [1.165, 1.54) is 0 Å². The highest BCUT2D eigenvalue weighted by Gasteiger charge is 2.43. The zero-order chi connectivity index (χ0) is 14.8. The summed E-state index contributed by atoms with van der Waals surface area (Å²) in [4.78, 5) is 2.82. The summed E-state index contributed by atoms with van der Waals surface area (Å²) in [7, 11) is 0.845. The van der Waals surface area contributed by atoms with Crippen molar-refractivity contribution >= 4 is 0 Å². The molecule has 0 bridgehead atoms. The van der Waals surface area contributed by atoms with Crippen molar-refractivity contribution in [1.82, 2.24) is 4.98 Å². The van der Waals surface area contributed by atoms with E-state index in [1.807, 2.05) is 0 Å². The van der Waals surface area contributed by atoms with E-state index in [9.17, 15) is 26.3 Å². The lowest BCUT2D eigenvalue weighted by Crippen LogP contribution is -2.22. The molecule has 1 rings (SSSR count). The van der Waals surface area contributed by atoms with Crippen molar-refractivity contribution in [3.05, 3.63) is 17.5 Å². The van der Waals surface area contributed by atoms with Gasteiger partial charge in [0, 0.05) is 11.8 Å². The maximum Gasteiger partial charge on any atom is 0.573 e. The minimum atomic E-state index is -5.36. The molecular weight excluding hydrogens is 284 g/mol. The number of nitrogens with zero attached hydrogens (tertiary/aromatic N) is 1. The molecular formula is C9H7F6NO3. The Kier molecular flexibility index (Phi) is 4.13. The molecule has 0 aliphatic heterocycles. The first-order valence-electron chi connectivity index (χ1n) is 4.59. The second-order valence-electron chi connectivity index (χ2n) is 3.20. The summed E-state index contributed by atoms with van der Waals surface area (Å²) >= 11 is 0. The van der Waals surface area contributed by atoms with Gasteiger partial charge < -0.3 is 14.6 Å². The van der Waals surface area contributed by atoms with Crippen LogP contribution in [0.1, 0.15) is 11.3 Å². The number of aliphatic hydroxyl groups is 1. The summed E-state index contributed by atoms with van der Waals surface area (Å²) in [6.45, 7) is -0.859. The molecule has 1 aromatic heterocycles. The summed E-state index contributed by atoms with van der Waals surface area (Å²) in [5.74, 6) is -2.50. The number of ether oxygens (including phenoxy) is 2. The highest BCUT2D eigenvalue weighted by Crippen LogP contribution is 2.43. The fourth-order valence-electron chi connectivity index (χ4n) is 1.26. The van der Waals surface area contributed by atoms with Crippen LogP contribution in [-0.4, -0.2) is 23.6 Å². The first kappa shape index (κ1) is 15.3. The fourth-order valence-corrected chi connectivity index (χ4v) is 1.26. The number of halogens is 6. The van der Waals surface area contributed by atoms with Crippen LogP contribution in [0.15, 0.2) is 6.20 Å². The second-order valence-corrected chi connectivity index (χ2v) is 3.20. The van der Waals surface area contributed by atoms with Crippen molar-refractivity contribution in [2.24, 2.45) is 0 Å². The standard InChI is InChI=1S/C9H7F6NO3/c1-18-5-4(3-17)2-16-7(8(10,11)12)6(5)19-9(13,14)15/h2,17H,3H2,1H3. The predicted molar refractivity (Wildman–Crippen MR) is 48.4 cm³/mol. The van der Waals surface area contributed by atoms with Crippen molar-refractivity contribution in [1.29, 1.82) is 0 Å². The minimum absolute atomic E-state index is 0.366. The molecule has 0 atom stereocenters. The zero-order valence-electron chi connectivity index (χ0n) is 9.26.